The van der Waals surface area contributed by atoms with E-state index in [2.05, 4.69) is 15.6 Å². The van der Waals surface area contributed by atoms with Crippen molar-refractivity contribution in [2.75, 3.05) is 37.1 Å². The summed E-state index contributed by atoms with van der Waals surface area (Å²) in [6, 6.07) is 1.71. The highest BCUT2D eigenvalue weighted by Crippen LogP contribution is 2.25. The lowest BCUT2D eigenvalue weighted by molar-refractivity contribution is -0.123. The number of rotatable bonds is 4. The second kappa shape index (κ2) is 8.21. The molecule has 0 unspecified atom stereocenters. The number of carbonyl (C=O) groups excluding carboxylic acids is 2. The van der Waals surface area contributed by atoms with Gasteiger partial charge in [-0.15, -0.1) is 0 Å². The number of nitrogens with zero attached hydrogens (tertiary/aromatic N) is 1. The van der Waals surface area contributed by atoms with Crippen LogP contribution in [-0.2, 0) is 19.1 Å². The smallest absolute Gasteiger partial charge is 0.227 e. The van der Waals surface area contributed by atoms with Gasteiger partial charge in [0.05, 0.1) is 17.6 Å². The van der Waals surface area contributed by atoms with E-state index < -0.39 is 0 Å². The molecular weight excluding hydrogens is 310 g/mol. The largest absolute Gasteiger partial charge is 0.381 e. The van der Waals surface area contributed by atoms with Crippen LogP contribution in [0.15, 0.2) is 18.5 Å². The van der Waals surface area contributed by atoms with Crippen molar-refractivity contribution >= 4 is 23.2 Å². The van der Waals surface area contributed by atoms with Crippen LogP contribution in [0.1, 0.15) is 25.7 Å². The number of hydrogen-bond acceptors (Lipinski definition) is 5. The Hall–Kier alpha value is -1.99. The van der Waals surface area contributed by atoms with Gasteiger partial charge in [-0.1, -0.05) is 0 Å². The Kier molecular flexibility index (Phi) is 5.77. The normalized spacial score (nSPS) is 19.7. The molecule has 2 amide bonds. The molecule has 0 atom stereocenters. The molecule has 7 heteroatoms. The third-order valence-corrected chi connectivity index (χ3v) is 4.52. The minimum absolute atomic E-state index is 0.0361. The molecule has 2 aliphatic rings. The average Bonchev–Trinajstić information content (AvgIpc) is 2.64. The SMILES string of the molecule is O=C(Nc1ccncc1NC(=O)C1CCOCC1)C1CCOCC1. The van der Waals surface area contributed by atoms with Crippen LogP contribution in [0.4, 0.5) is 11.4 Å². The van der Waals surface area contributed by atoms with E-state index in [4.69, 9.17) is 9.47 Å². The fourth-order valence-electron chi connectivity index (χ4n) is 2.99. The second-order valence-corrected chi connectivity index (χ2v) is 6.17. The predicted molar refractivity (Wildman–Crippen MR) is 88.6 cm³/mol. The van der Waals surface area contributed by atoms with Gasteiger partial charge in [0.2, 0.25) is 11.8 Å². The number of nitrogens with one attached hydrogen (secondary N) is 2. The Morgan fingerprint density at radius 3 is 1.92 bits per heavy atom. The molecule has 0 spiro atoms. The summed E-state index contributed by atoms with van der Waals surface area (Å²) < 4.78 is 10.6. The van der Waals surface area contributed by atoms with E-state index >= 15 is 0 Å². The van der Waals surface area contributed by atoms with Crippen LogP contribution in [0.25, 0.3) is 0 Å². The minimum atomic E-state index is -0.0574. The predicted octanol–water partition coefficient (Wildman–Crippen LogP) is 1.81. The number of amides is 2. The molecule has 24 heavy (non-hydrogen) atoms. The van der Waals surface area contributed by atoms with E-state index in [-0.39, 0.29) is 23.7 Å². The molecule has 1 aromatic heterocycles. The summed E-state index contributed by atoms with van der Waals surface area (Å²) in [4.78, 5) is 28.8. The van der Waals surface area contributed by atoms with Crippen molar-refractivity contribution in [1.82, 2.24) is 4.98 Å². The second-order valence-electron chi connectivity index (χ2n) is 6.17. The van der Waals surface area contributed by atoms with Crippen molar-refractivity contribution in [2.24, 2.45) is 11.8 Å². The van der Waals surface area contributed by atoms with Gasteiger partial charge in [-0.2, -0.15) is 0 Å². The highest BCUT2D eigenvalue weighted by atomic mass is 16.5. The molecule has 0 aromatic carbocycles. The summed E-state index contributed by atoms with van der Waals surface area (Å²) in [6.45, 7) is 2.44. The summed E-state index contributed by atoms with van der Waals surface area (Å²) in [6.07, 6.45) is 6.05. The van der Waals surface area contributed by atoms with Crippen LogP contribution in [-0.4, -0.2) is 43.2 Å². The summed E-state index contributed by atoms with van der Waals surface area (Å²) in [5, 5.41) is 5.81. The summed E-state index contributed by atoms with van der Waals surface area (Å²) in [5.74, 6) is -0.192. The van der Waals surface area contributed by atoms with E-state index in [0.29, 0.717) is 37.8 Å². The molecule has 2 fully saturated rings. The molecule has 3 rings (SSSR count). The third kappa shape index (κ3) is 4.30. The molecule has 130 valence electrons. The minimum Gasteiger partial charge on any atom is -0.381 e. The lowest BCUT2D eigenvalue weighted by atomic mass is 9.99. The highest BCUT2D eigenvalue weighted by Gasteiger charge is 2.24. The molecule has 2 N–H and O–H groups in total. The van der Waals surface area contributed by atoms with E-state index in [1.54, 1.807) is 18.5 Å². The van der Waals surface area contributed by atoms with Gasteiger partial charge < -0.3 is 20.1 Å². The molecule has 0 radical (unpaired) electrons. The number of pyridine rings is 1. The number of ether oxygens (including phenoxy) is 2. The Morgan fingerprint density at radius 1 is 0.875 bits per heavy atom. The fourth-order valence-corrected chi connectivity index (χ4v) is 2.99. The quantitative estimate of drug-likeness (QED) is 0.877. The van der Waals surface area contributed by atoms with Gasteiger partial charge in [0.25, 0.3) is 0 Å². The molecule has 1 aromatic rings. The maximum absolute atomic E-state index is 12.4. The van der Waals surface area contributed by atoms with Crippen LogP contribution in [0.2, 0.25) is 0 Å². The fraction of sp³-hybridized carbons (Fsp3) is 0.588. The lowest BCUT2D eigenvalue weighted by Gasteiger charge is -2.23. The van der Waals surface area contributed by atoms with E-state index in [9.17, 15) is 9.59 Å². The van der Waals surface area contributed by atoms with Crippen molar-refractivity contribution in [3.63, 3.8) is 0 Å². The topological polar surface area (TPSA) is 89.6 Å². The van der Waals surface area contributed by atoms with Crippen molar-refractivity contribution in [3.8, 4) is 0 Å². The number of aromatic nitrogens is 1. The molecule has 2 aliphatic heterocycles. The van der Waals surface area contributed by atoms with Gasteiger partial charge in [-0.25, -0.2) is 0 Å². The van der Waals surface area contributed by atoms with Crippen LogP contribution in [0.3, 0.4) is 0 Å². The van der Waals surface area contributed by atoms with Gasteiger partial charge in [0.1, 0.15) is 0 Å². The number of carbonyl (C=O) groups is 2. The zero-order valence-corrected chi connectivity index (χ0v) is 13.6. The molecule has 2 saturated heterocycles. The standard InChI is InChI=1S/C17H23N3O4/c21-16(12-2-7-23-8-3-12)19-14-1-6-18-11-15(14)20-17(22)13-4-9-24-10-5-13/h1,6,11-13H,2-5,7-10H2,(H,20,22)(H,18,19,21). The number of anilines is 2. The van der Waals surface area contributed by atoms with Crippen LogP contribution in [0.5, 0.6) is 0 Å². The first-order chi connectivity index (χ1) is 11.7. The van der Waals surface area contributed by atoms with Crippen molar-refractivity contribution in [1.29, 1.82) is 0 Å². The van der Waals surface area contributed by atoms with Crippen LogP contribution < -0.4 is 10.6 Å². The zero-order valence-electron chi connectivity index (χ0n) is 13.6. The monoisotopic (exact) mass is 333 g/mol. The molecule has 0 aliphatic carbocycles. The summed E-state index contributed by atoms with van der Waals surface area (Å²) in [7, 11) is 0. The van der Waals surface area contributed by atoms with Gasteiger partial charge >= 0.3 is 0 Å². The first-order valence-electron chi connectivity index (χ1n) is 8.45. The maximum atomic E-state index is 12.4. The van der Waals surface area contributed by atoms with Crippen LogP contribution in [0, 0.1) is 11.8 Å². The van der Waals surface area contributed by atoms with Gasteiger partial charge in [-0.3, -0.25) is 14.6 Å². The van der Waals surface area contributed by atoms with Crippen molar-refractivity contribution in [2.45, 2.75) is 25.7 Å². The summed E-state index contributed by atoms with van der Waals surface area (Å²) in [5.41, 5.74) is 1.12. The molecule has 7 nitrogen and oxygen atoms in total. The highest BCUT2D eigenvalue weighted by molar-refractivity contribution is 6.00. The molecular formula is C17H23N3O4. The van der Waals surface area contributed by atoms with Gasteiger partial charge in [0, 0.05) is 44.5 Å². The van der Waals surface area contributed by atoms with E-state index in [1.807, 2.05) is 0 Å². The number of hydrogen-bond donors (Lipinski definition) is 2. The maximum Gasteiger partial charge on any atom is 0.227 e. The molecule has 0 bridgehead atoms. The third-order valence-electron chi connectivity index (χ3n) is 4.52. The Labute approximate surface area is 141 Å². The zero-order chi connectivity index (χ0) is 16.8. The summed E-state index contributed by atoms with van der Waals surface area (Å²) >= 11 is 0. The lowest BCUT2D eigenvalue weighted by Crippen LogP contribution is -2.30. The molecule has 0 saturated carbocycles. The Bertz CT molecular complexity index is 530. The average molecular weight is 333 g/mol. The molecule has 3 heterocycles. The van der Waals surface area contributed by atoms with E-state index in [0.717, 1.165) is 25.7 Å². The van der Waals surface area contributed by atoms with Gasteiger partial charge in [-0.05, 0) is 31.7 Å². The Balaban J connectivity index is 1.63. The first-order valence-corrected chi connectivity index (χ1v) is 8.45. The Morgan fingerprint density at radius 2 is 1.38 bits per heavy atom. The van der Waals surface area contributed by atoms with E-state index in [1.165, 1.54) is 0 Å². The first kappa shape index (κ1) is 16.9. The van der Waals surface area contributed by atoms with Crippen molar-refractivity contribution < 1.29 is 19.1 Å². The van der Waals surface area contributed by atoms with Gasteiger partial charge in [0.15, 0.2) is 0 Å². The van der Waals surface area contributed by atoms with Crippen molar-refractivity contribution in [3.05, 3.63) is 18.5 Å². The van der Waals surface area contributed by atoms with Crippen LogP contribution >= 0.6 is 0 Å².